The first kappa shape index (κ1) is 20.0. The summed E-state index contributed by atoms with van der Waals surface area (Å²) in [4.78, 5) is 10.7. The molecular weight excluding hydrogens is 395 g/mol. The second-order valence-corrected chi connectivity index (χ2v) is 8.34. The molecule has 1 fully saturated rings. The molecule has 0 aromatic carbocycles. The van der Waals surface area contributed by atoms with Gasteiger partial charge in [0.2, 0.25) is 0 Å². The standard InChI is InChI=1S/C20H24ClFN6O.2H2/c1-11(2)20(3,29)15-10-28(8-7-23-15)19-13(21)9-14(22)17(25-19)16-12-5-4-6-24-18(12)27-26-16;;/h4-6,9,11,15,23,29H,7-8,10H2,1-3H3,(H,24,26,27);2*1H/t15-,20+;;/m0../s1. The molecule has 1 saturated heterocycles. The Morgan fingerprint density at radius 2 is 2.24 bits per heavy atom. The van der Waals surface area contributed by atoms with Crippen molar-refractivity contribution >= 4 is 28.5 Å². The summed E-state index contributed by atoms with van der Waals surface area (Å²) in [6.07, 6.45) is 1.63. The summed E-state index contributed by atoms with van der Waals surface area (Å²) in [6.45, 7) is 7.61. The number of rotatable bonds is 4. The van der Waals surface area contributed by atoms with E-state index in [-0.39, 0.29) is 25.5 Å². The van der Waals surface area contributed by atoms with Gasteiger partial charge in [0.05, 0.1) is 22.4 Å². The second-order valence-electron chi connectivity index (χ2n) is 7.93. The van der Waals surface area contributed by atoms with E-state index in [9.17, 15) is 9.50 Å². The predicted octanol–water partition coefficient (Wildman–Crippen LogP) is 3.49. The molecule has 158 valence electrons. The second kappa shape index (κ2) is 7.51. The van der Waals surface area contributed by atoms with Gasteiger partial charge in [0.25, 0.3) is 0 Å². The van der Waals surface area contributed by atoms with E-state index in [0.717, 1.165) is 0 Å². The molecule has 0 radical (unpaired) electrons. The smallest absolute Gasteiger partial charge is 0.181 e. The average molecular weight is 423 g/mol. The lowest BCUT2D eigenvalue weighted by molar-refractivity contribution is -0.0231. The van der Waals surface area contributed by atoms with Crippen molar-refractivity contribution in [1.29, 1.82) is 0 Å². The van der Waals surface area contributed by atoms with E-state index in [2.05, 4.69) is 25.5 Å². The van der Waals surface area contributed by atoms with Crippen molar-refractivity contribution in [3.05, 3.63) is 35.2 Å². The highest BCUT2D eigenvalue weighted by Crippen LogP contribution is 2.33. The van der Waals surface area contributed by atoms with Crippen molar-refractivity contribution in [3.63, 3.8) is 0 Å². The lowest BCUT2D eigenvalue weighted by Crippen LogP contribution is -2.62. The molecule has 0 spiro atoms. The molecule has 4 heterocycles. The Balaban J connectivity index is 0.00000171. The molecule has 0 saturated carbocycles. The van der Waals surface area contributed by atoms with Gasteiger partial charge in [-0.05, 0) is 31.0 Å². The molecule has 9 heteroatoms. The summed E-state index contributed by atoms with van der Waals surface area (Å²) in [7, 11) is 0. The maximum absolute atomic E-state index is 14.8. The number of piperazine rings is 1. The largest absolute Gasteiger partial charge is 0.388 e. The molecule has 1 aliphatic heterocycles. The third-order valence-corrected chi connectivity index (χ3v) is 6.10. The van der Waals surface area contributed by atoms with Crippen LogP contribution in [-0.4, -0.2) is 56.5 Å². The number of hydrogen-bond acceptors (Lipinski definition) is 6. The van der Waals surface area contributed by atoms with Gasteiger partial charge in [0.1, 0.15) is 11.5 Å². The monoisotopic (exact) mass is 422 g/mol. The number of halogens is 2. The number of aliphatic hydroxyl groups is 1. The predicted molar refractivity (Wildman–Crippen MR) is 116 cm³/mol. The molecule has 0 amide bonds. The third kappa shape index (κ3) is 3.56. The van der Waals surface area contributed by atoms with E-state index < -0.39 is 11.4 Å². The molecule has 0 aliphatic carbocycles. The Kier molecular flexibility index (Phi) is 5.18. The molecule has 0 bridgehead atoms. The topological polar surface area (TPSA) is 90.0 Å². The lowest BCUT2D eigenvalue weighted by atomic mass is 9.84. The van der Waals surface area contributed by atoms with Gasteiger partial charge < -0.3 is 15.3 Å². The number of hydrogen-bond donors (Lipinski definition) is 3. The zero-order chi connectivity index (χ0) is 20.8. The number of anilines is 1. The van der Waals surface area contributed by atoms with Crippen LogP contribution < -0.4 is 10.2 Å². The summed E-state index contributed by atoms with van der Waals surface area (Å²) < 4.78 is 14.8. The van der Waals surface area contributed by atoms with E-state index in [1.165, 1.54) is 6.07 Å². The maximum Gasteiger partial charge on any atom is 0.181 e. The van der Waals surface area contributed by atoms with Gasteiger partial charge in [0, 0.05) is 34.1 Å². The van der Waals surface area contributed by atoms with Crippen LogP contribution in [0.15, 0.2) is 24.4 Å². The van der Waals surface area contributed by atoms with Crippen molar-refractivity contribution in [2.45, 2.75) is 32.4 Å². The highest BCUT2D eigenvalue weighted by molar-refractivity contribution is 6.33. The molecule has 3 aromatic rings. The van der Waals surface area contributed by atoms with Gasteiger partial charge in [-0.15, -0.1) is 0 Å². The molecule has 3 aromatic heterocycles. The minimum absolute atomic E-state index is 0. The molecule has 2 atom stereocenters. The fraction of sp³-hybridized carbons (Fsp3) is 0.450. The Bertz CT molecular complexity index is 1050. The van der Waals surface area contributed by atoms with Crippen LogP contribution in [-0.2, 0) is 0 Å². The average Bonchev–Trinajstić information content (AvgIpc) is 3.12. The first-order valence-corrected chi connectivity index (χ1v) is 10.0. The van der Waals surface area contributed by atoms with Gasteiger partial charge >= 0.3 is 0 Å². The van der Waals surface area contributed by atoms with Crippen LogP contribution in [0.4, 0.5) is 10.2 Å². The minimum atomic E-state index is -0.904. The van der Waals surface area contributed by atoms with Crippen molar-refractivity contribution in [2.75, 3.05) is 24.5 Å². The summed E-state index contributed by atoms with van der Waals surface area (Å²) in [5, 5.41) is 22.2. The summed E-state index contributed by atoms with van der Waals surface area (Å²) in [5.74, 6) is 0.0193. The molecule has 3 N–H and O–H groups in total. The molecule has 7 nitrogen and oxygen atoms in total. The van der Waals surface area contributed by atoms with Gasteiger partial charge in [-0.25, -0.2) is 14.4 Å². The van der Waals surface area contributed by atoms with Gasteiger partial charge in [0.15, 0.2) is 11.5 Å². The molecule has 4 rings (SSSR count). The van der Waals surface area contributed by atoms with Crippen molar-refractivity contribution in [2.24, 2.45) is 5.92 Å². The van der Waals surface area contributed by atoms with Crippen LogP contribution in [0.2, 0.25) is 5.02 Å². The van der Waals surface area contributed by atoms with E-state index in [1.54, 1.807) is 12.3 Å². The summed E-state index contributed by atoms with van der Waals surface area (Å²) in [5.41, 5.74) is 0.199. The molecule has 0 unspecified atom stereocenters. The molecule has 29 heavy (non-hydrogen) atoms. The van der Waals surface area contributed by atoms with E-state index >= 15 is 0 Å². The van der Waals surface area contributed by atoms with Gasteiger partial charge in [-0.1, -0.05) is 25.4 Å². The Hall–Kier alpha value is -2.29. The molecular formula is C20H28ClFN6O. The van der Waals surface area contributed by atoms with Crippen LogP contribution in [0.3, 0.4) is 0 Å². The minimum Gasteiger partial charge on any atom is -0.388 e. The van der Waals surface area contributed by atoms with E-state index in [0.29, 0.717) is 42.2 Å². The van der Waals surface area contributed by atoms with E-state index in [4.69, 9.17) is 11.6 Å². The first-order chi connectivity index (χ1) is 13.8. The van der Waals surface area contributed by atoms with Gasteiger partial charge in [-0.2, -0.15) is 5.10 Å². The molecule has 1 aliphatic rings. The van der Waals surface area contributed by atoms with Crippen molar-refractivity contribution in [1.82, 2.24) is 25.5 Å². The third-order valence-electron chi connectivity index (χ3n) is 5.83. The summed E-state index contributed by atoms with van der Waals surface area (Å²) >= 11 is 6.37. The van der Waals surface area contributed by atoms with Crippen LogP contribution in [0, 0.1) is 11.7 Å². The Morgan fingerprint density at radius 1 is 1.45 bits per heavy atom. The summed E-state index contributed by atoms with van der Waals surface area (Å²) in [6, 6.07) is 4.70. The number of nitrogens with one attached hydrogen (secondary N) is 2. The van der Waals surface area contributed by atoms with Crippen molar-refractivity contribution in [3.8, 4) is 11.4 Å². The fourth-order valence-corrected chi connectivity index (χ4v) is 3.88. The Morgan fingerprint density at radius 3 is 3.00 bits per heavy atom. The normalized spacial score (nSPS) is 19.7. The maximum atomic E-state index is 14.8. The van der Waals surface area contributed by atoms with Crippen molar-refractivity contribution < 1.29 is 12.4 Å². The number of aromatic nitrogens is 4. The van der Waals surface area contributed by atoms with Crippen LogP contribution in [0.5, 0.6) is 0 Å². The SMILES string of the molecule is CC(C)[C@@](C)(O)[C@@H]1CN(c2nc(-c3[nH]nc4ncccc34)c(F)cc2Cl)CCN1.[HH].[HH]. The first-order valence-electron chi connectivity index (χ1n) is 9.65. The Labute approximate surface area is 176 Å². The fourth-order valence-electron chi connectivity index (χ4n) is 3.62. The van der Waals surface area contributed by atoms with Crippen LogP contribution in [0.1, 0.15) is 23.6 Å². The number of aromatic amines is 1. The van der Waals surface area contributed by atoms with Gasteiger partial charge in [-0.3, -0.25) is 5.10 Å². The quantitative estimate of drug-likeness (QED) is 0.596. The lowest BCUT2D eigenvalue weighted by Gasteiger charge is -2.43. The number of fused-ring (bicyclic) bond motifs is 1. The number of pyridine rings is 2. The van der Waals surface area contributed by atoms with E-state index in [1.807, 2.05) is 31.7 Å². The zero-order valence-corrected chi connectivity index (χ0v) is 17.3. The van der Waals surface area contributed by atoms with Crippen LogP contribution in [0.25, 0.3) is 22.4 Å². The van der Waals surface area contributed by atoms with Crippen LogP contribution >= 0.6 is 11.6 Å². The highest BCUT2D eigenvalue weighted by atomic mass is 35.5. The highest BCUT2D eigenvalue weighted by Gasteiger charge is 2.38. The number of H-pyrrole nitrogens is 1. The number of nitrogens with zero attached hydrogens (tertiary/aromatic N) is 4. The zero-order valence-electron chi connectivity index (χ0n) is 16.6.